The smallest absolute Gasteiger partial charge is 0.244 e. The molecule has 1 amide bonds. The van der Waals surface area contributed by atoms with E-state index in [2.05, 4.69) is 11.4 Å². The summed E-state index contributed by atoms with van der Waals surface area (Å²) in [7, 11) is 1.63. The minimum Gasteiger partial charge on any atom is -0.493 e. The van der Waals surface area contributed by atoms with Gasteiger partial charge in [-0.25, -0.2) is 0 Å². The first-order chi connectivity index (χ1) is 13.5. The van der Waals surface area contributed by atoms with Crippen LogP contribution in [0.3, 0.4) is 0 Å². The number of amides is 1. The van der Waals surface area contributed by atoms with Gasteiger partial charge >= 0.3 is 0 Å². The van der Waals surface area contributed by atoms with Crippen LogP contribution in [0.5, 0.6) is 5.75 Å². The predicted octanol–water partition coefficient (Wildman–Crippen LogP) is 4.57. The van der Waals surface area contributed by atoms with Crippen LogP contribution in [0.15, 0.2) is 16.6 Å². The third kappa shape index (κ3) is 4.09. The number of rotatable bonds is 7. The average Bonchev–Trinajstić information content (AvgIpc) is 3.03. The molecule has 5 nitrogen and oxygen atoms in total. The van der Waals surface area contributed by atoms with E-state index in [1.54, 1.807) is 13.2 Å². The zero-order valence-corrected chi connectivity index (χ0v) is 17.6. The van der Waals surface area contributed by atoms with E-state index >= 15 is 0 Å². The van der Waals surface area contributed by atoms with Gasteiger partial charge < -0.3 is 19.2 Å². The Hall–Kier alpha value is -2.27. The van der Waals surface area contributed by atoms with Crippen LogP contribution in [0.4, 0.5) is 0 Å². The monoisotopic (exact) mass is 385 g/mol. The molecule has 3 rings (SSSR count). The molecule has 0 saturated heterocycles. The van der Waals surface area contributed by atoms with Crippen molar-refractivity contribution in [1.29, 1.82) is 0 Å². The molecule has 2 aromatic rings. The summed E-state index contributed by atoms with van der Waals surface area (Å²) in [5, 5.41) is 4.09. The summed E-state index contributed by atoms with van der Waals surface area (Å²) in [6.45, 7) is 8.93. The summed E-state index contributed by atoms with van der Waals surface area (Å²) >= 11 is 0. The number of aryl methyl sites for hydroxylation is 3. The maximum atomic E-state index is 12.4. The average molecular weight is 386 g/mol. The summed E-state index contributed by atoms with van der Waals surface area (Å²) in [5.74, 6) is 1.78. The molecule has 0 spiro atoms. The second-order valence-electron chi connectivity index (χ2n) is 7.59. The molecule has 5 heteroatoms. The van der Waals surface area contributed by atoms with Crippen LogP contribution < -0.4 is 10.1 Å². The number of furan rings is 1. The fraction of sp³-hybridized carbons (Fsp3) is 0.522. The van der Waals surface area contributed by atoms with E-state index in [0.29, 0.717) is 13.2 Å². The second-order valence-corrected chi connectivity index (χ2v) is 7.59. The largest absolute Gasteiger partial charge is 0.493 e. The third-order valence-corrected chi connectivity index (χ3v) is 5.29. The van der Waals surface area contributed by atoms with E-state index in [9.17, 15) is 4.79 Å². The lowest BCUT2D eigenvalue weighted by Gasteiger charge is -2.15. The summed E-state index contributed by atoms with van der Waals surface area (Å²) in [6, 6.07) is 2.09. The van der Waals surface area contributed by atoms with Gasteiger partial charge in [0.1, 0.15) is 17.1 Å². The van der Waals surface area contributed by atoms with Gasteiger partial charge in [0.05, 0.1) is 13.2 Å². The van der Waals surface area contributed by atoms with Gasteiger partial charge in [-0.3, -0.25) is 4.79 Å². The summed E-state index contributed by atoms with van der Waals surface area (Å²) in [5.41, 5.74) is 5.08. The van der Waals surface area contributed by atoms with Gasteiger partial charge in [-0.15, -0.1) is 0 Å². The zero-order valence-electron chi connectivity index (χ0n) is 17.6. The minimum absolute atomic E-state index is 0.0435. The Morgan fingerprint density at radius 1 is 1.36 bits per heavy atom. The molecule has 0 bridgehead atoms. The van der Waals surface area contributed by atoms with Crippen molar-refractivity contribution in [2.45, 2.75) is 59.4 Å². The molecule has 0 radical (unpaired) electrons. The molecule has 0 fully saturated rings. The van der Waals surface area contributed by atoms with Crippen molar-refractivity contribution >= 4 is 22.4 Å². The van der Waals surface area contributed by atoms with Gasteiger partial charge in [-0.2, -0.15) is 0 Å². The van der Waals surface area contributed by atoms with Crippen LogP contribution in [-0.2, 0) is 22.4 Å². The van der Waals surface area contributed by atoms with Crippen LogP contribution in [0, 0.1) is 6.92 Å². The maximum absolute atomic E-state index is 12.4. The molecule has 152 valence electrons. The first-order valence-electron chi connectivity index (χ1n) is 10.1. The predicted molar refractivity (Wildman–Crippen MR) is 112 cm³/mol. The highest BCUT2D eigenvalue weighted by Gasteiger charge is 2.23. The Morgan fingerprint density at radius 2 is 2.11 bits per heavy atom. The standard InChI is InChI=1S/C23H31NO4/c1-6-27-22-16(4)23-19(17-9-7-8-10-20(17)28-23)12-18(22)14(2)11-21(25)24-15(3)13-26-5/h11-12,15H,6-10,13H2,1-5H3,(H,24,25)/b14-11+. The molecule has 1 heterocycles. The first-order valence-corrected chi connectivity index (χ1v) is 10.1. The van der Waals surface area contributed by atoms with E-state index in [4.69, 9.17) is 13.9 Å². The van der Waals surface area contributed by atoms with Crippen molar-refractivity contribution in [2.75, 3.05) is 20.3 Å². The SMILES string of the molecule is CCOc1c(/C(C)=C/C(=O)NC(C)COC)cc2c3c(oc2c1C)CCCC3. The van der Waals surface area contributed by atoms with Gasteiger partial charge in [0.15, 0.2) is 0 Å². The van der Waals surface area contributed by atoms with Crippen molar-refractivity contribution in [3.05, 3.63) is 34.6 Å². The normalized spacial score (nSPS) is 15.4. The summed E-state index contributed by atoms with van der Waals surface area (Å²) in [4.78, 5) is 12.4. The number of fused-ring (bicyclic) bond motifs is 3. The lowest BCUT2D eigenvalue weighted by molar-refractivity contribution is -0.117. The third-order valence-electron chi connectivity index (χ3n) is 5.29. The van der Waals surface area contributed by atoms with E-state index in [1.165, 1.54) is 18.4 Å². The topological polar surface area (TPSA) is 60.7 Å². The quantitative estimate of drug-likeness (QED) is 0.709. The van der Waals surface area contributed by atoms with Crippen LogP contribution in [0.1, 0.15) is 56.1 Å². The van der Waals surface area contributed by atoms with Crippen molar-refractivity contribution in [2.24, 2.45) is 0 Å². The number of hydrogen-bond donors (Lipinski definition) is 1. The fourth-order valence-electron chi connectivity index (χ4n) is 4.01. The molecule has 28 heavy (non-hydrogen) atoms. The molecule has 1 aliphatic carbocycles. The van der Waals surface area contributed by atoms with Crippen molar-refractivity contribution in [3.63, 3.8) is 0 Å². The Morgan fingerprint density at radius 3 is 2.82 bits per heavy atom. The van der Waals surface area contributed by atoms with Crippen LogP contribution in [0.2, 0.25) is 0 Å². The number of nitrogens with one attached hydrogen (secondary N) is 1. The van der Waals surface area contributed by atoms with Crippen molar-refractivity contribution < 1.29 is 18.7 Å². The van der Waals surface area contributed by atoms with Crippen molar-refractivity contribution in [3.8, 4) is 5.75 Å². The lowest BCUT2D eigenvalue weighted by atomic mass is 9.93. The van der Waals surface area contributed by atoms with Crippen LogP contribution in [0.25, 0.3) is 16.5 Å². The lowest BCUT2D eigenvalue weighted by Crippen LogP contribution is -2.34. The fourth-order valence-corrected chi connectivity index (χ4v) is 4.01. The molecule has 1 aromatic carbocycles. The highest BCUT2D eigenvalue weighted by atomic mass is 16.5. The van der Waals surface area contributed by atoms with Gasteiger partial charge in [0, 0.05) is 47.7 Å². The highest BCUT2D eigenvalue weighted by Crippen LogP contribution is 2.41. The number of carbonyl (C=O) groups excluding carboxylic acids is 1. The molecule has 1 aliphatic rings. The van der Waals surface area contributed by atoms with E-state index in [-0.39, 0.29) is 11.9 Å². The summed E-state index contributed by atoms with van der Waals surface area (Å²) in [6.07, 6.45) is 6.06. The number of methoxy groups -OCH3 is 1. The van der Waals surface area contributed by atoms with E-state index in [0.717, 1.165) is 52.0 Å². The molecule has 1 aromatic heterocycles. The molecule has 1 unspecified atom stereocenters. The van der Waals surface area contributed by atoms with Crippen LogP contribution in [-0.4, -0.2) is 32.3 Å². The molecule has 0 aliphatic heterocycles. The van der Waals surface area contributed by atoms with Gasteiger partial charge in [-0.05, 0) is 58.6 Å². The number of hydrogen-bond acceptors (Lipinski definition) is 4. The zero-order chi connectivity index (χ0) is 20.3. The number of benzene rings is 1. The maximum Gasteiger partial charge on any atom is 0.244 e. The van der Waals surface area contributed by atoms with Crippen LogP contribution >= 0.6 is 0 Å². The molecule has 0 saturated carbocycles. The number of allylic oxidation sites excluding steroid dienone is 1. The van der Waals surface area contributed by atoms with Gasteiger partial charge in [-0.1, -0.05) is 0 Å². The van der Waals surface area contributed by atoms with E-state index < -0.39 is 0 Å². The Balaban J connectivity index is 2.04. The number of ether oxygens (including phenoxy) is 2. The Bertz CT molecular complexity index is 894. The Labute approximate surface area is 167 Å². The highest BCUT2D eigenvalue weighted by molar-refractivity contribution is 5.98. The molecular weight excluding hydrogens is 354 g/mol. The minimum atomic E-state index is -0.128. The molecule has 1 N–H and O–H groups in total. The summed E-state index contributed by atoms with van der Waals surface area (Å²) < 4.78 is 17.3. The number of carbonyl (C=O) groups is 1. The van der Waals surface area contributed by atoms with E-state index in [1.807, 2.05) is 27.7 Å². The Kier molecular flexibility index (Phi) is 6.45. The van der Waals surface area contributed by atoms with Gasteiger partial charge in [0.2, 0.25) is 5.91 Å². The van der Waals surface area contributed by atoms with Crippen molar-refractivity contribution in [1.82, 2.24) is 5.32 Å². The molecular formula is C23H31NO4. The molecule has 1 atom stereocenters. The first kappa shape index (κ1) is 20.5. The van der Waals surface area contributed by atoms with Gasteiger partial charge in [0.25, 0.3) is 0 Å². The second kappa shape index (κ2) is 8.82.